The van der Waals surface area contributed by atoms with Gasteiger partial charge in [-0.2, -0.15) is 0 Å². The molecule has 1 heteroatoms. The topological polar surface area (TPSA) is 0 Å². The minimum Gasteiger partial charge on any atom is -0.123 e. The monoisotopic (exact) mass is 202 g/mol. The molecule has 78 valence electrons. The van der Waals surface area contributed by atoms with Gasteiger partial charge >= 0.3 is 0 Å². The van der Waals surface area contributed by atoms with Gasteiger partial charge in [-0.05, 0) is 24.2 Å². The highest BCUT2D eigenvalue weighted by molar-refractivity contribution is 6.20. The largest absolute Gasteiger partial charge is 0.123 e. The summed E-state index contributed by atoms with van der Waals surface area (Å²) in [6.45, 7) is 6.99. The van der Waals surface area contributed by atoms with E-state index < -0.39 is 0 Å². The van der Waals surface area contributed by atoms with Gasteiger partial charge in [0.25, 0.3) is 0 Å². The van der Waals surface area contributed by atoms with Gasteiger partial charge in [0.15, 0.2) is 0 Å². The zero-order valence-corrected chi connectivity index (χ0v) is 9.98. The average Bonchev–Trinajstić information content (AvgIpc) is 2.04. The highest BCUT2D eigenvalue weighted by atomic mass is 35.5. The summed E-state index contributed by atoms with van der Waals surface area (Å²) in [7, 11) is 0. The van der Waals surface area contributed by atoms with Gasteiger partial charge in [0.2, 0.25) is 0 Å². The van der Waals surface area contributed by atoms with Crippen LogP contribution in [0.1, 0.15) is 52.9 Å². The molecule has 1 rings (SSSR count). The molecule has 3 unspecified atom stereocenters. The molecule has 1 fully saturated rings. The van der Waals surface area contributed by atoms with Crippen molar-refractivity contribution in [2.75, 3.05) is 0 Å². The second-order valence-corrected chi connectivity index (χ2v) is 5.33. The summed E-state index contributed by atoms with van der Waals surface area (Å²) in [6, 6.07) is 0. The van der Waals surface area contributed by atoms with Gasteiger partial charge in [0.1, 0.15) is 0 Å². The Morgan fingerprint density at radius 2 is 1.77 bits per heavy atom. The third kappa shape index (κ3) is 2.87. The Morgan fingerprint density at radius 3 is 2.23 bits per heavy atom. The van der Waals surface area contributed by atoms with E-state index in [2.05, 4.69) is 20.8 Å². The number of rotatable bonds is 3. The highest BCUT2D eigenvalue weighted by Crippen LogP contribution is 2.39. The van der Waals surface area contributed by atoms with E-state index in [9.17, 15) is 0 Å². The number of hydrogen-bond donors (Lipinski definition) is 0. The molecule has 13 heavy (non-hydrogen) atoms. The fourth-order valence-corrected chi connectivity index (χ4v) is 3.60. The lowest BCUT2D eigenvalue weighted by Gasteiger charge is -2.37. The van der Waals surface area contributed by atoms with Crippen molar-refractivity contribution < 1.29 is 0 Å². The molecule has 3 atom stereocenters. The van der Waals surface area contributed by atoms with Gasteiger partial charge in [0, 0.05) is 5.38 Å². The fourth-order valence-electron chi connectivity index (χ4n) is 2.89. The van der Waals surface area contributed by atoms with Crippen LogP contribution in [0.2, 0.25) is 0 Å². The Hall–Kier alpha value is 0.290. The molecule has 0 N–H and O–H groups in total. The normalized spacial score (nSPS) is 37.4. The van der Waals surface area contributed by atoms with Gasteiger partial charge in [-0.15, -0.1) is 11.6 Å². The number of halogens is 1. The van der Waals surface area contributed by atoms with Gasteiger partial charge in [-0.1, -0.05) is 46.5 Å². The van der Waals surface area contributed by atoms with Crippen LogP contribution in [0.5, 0.6) is 0 Å². The lowest BCUT2D eigenvalue weighted by Crippen LogP contribution is -2.32. The Balaban J connectivity index is 2.51. The van der Waals surface area contributed by atoms with Crippen LogP contribution in [0.3, 0.4) is 0 Å². The maximum absolute atomic E-state index is 6.45. The third-order valence-corrected chi connectivity index (χ3v) is 4.12. The molecule has 0 bridgehead atoms. The van der Waals surface area contributed by atoms with Crippen LogP contribution in [-0.2, 0) is 0 Å². The van der Waals surface area contributed by atoms with Gasteiger partial charge in [0.05, 0.1) is 0 Å². The second-order valence-electron chi connectivity index (χ2n) is 4.77. The van der Waals surface area contributed by atoms with Crippen LogP contribution in [0, 0.1) is 17.8 Å². The van der Waals surface area contributed by atoms with E-state index in [4.69, 9.17) is 11.6 Å². The lowest BCUT2D eigenvalue weighted by atomic mass is 9.71. The molecule has 0 nitrogen and oxygen atoms in total. The molecule has 0 aromatic rings. The molecule has 0 amide bonds. The van der Waals surface area contributed by atoms with Gasteiger partial charge in [-0.3, -0.25) is 0 Å². The van der Waals surface area contributed by atoms with E-state index in [-0.39, 0.29) is 0 Å². The minimum atomic E-state index is 0.426. The molecule has 0 heterocycles. The SMILES string of the molecule is CCCC(Cl)C1C(C)CCCC1C. The first-order valence-corrected chi connectivity index (χ1v) is 6.24. The molecular formula is C12H23Cl. The second kappa shape index (κ2) is 5.24. The first-order chi connectivity index (χ1) is 6.16. The number of alkyl halides is 1. The first-order valence-electron chi connectivity index (χ1n) is 5.80. The molecule has 0 saturated heterocycles. The zero-order valence-electron chi connectivity index (χ0n) is 9.22. The van der Waals surface area contributed by atoms with Crippen LogP contribution in [0.4, 0.5) is 0 Å². The van der Waals surface area contributed by atoms with E-state index >= 15 is 0 Å². The molecular weight excluding hydrogens is 180 g/mol. The van der Waals surface area contributed by atoms with E-state index in [1.54, 1.807) is 0 Å². The van der Waals surface area contributed by atoms with Crippen LogP contribution in [-0.4, -0.2) is 5.38 Å². The van der Waals surface area contributed by atoms with Crippen molar-refractivity contribution in [1.82, 2.24) is 0 Å². The standard InChI is InChI=1S/C12H23Cl/c1-4-6-11(13)12-9(2)7-5-8-10(12)3/h9-12H,4-8H2,1-3H3. The fraction of sp³-hybridized carbons (Fsp3) is 1.00. The quantitative estimate of drug-likeness (QED) is 0.593. The van der Waals surface area contributed by atoms with Crippen molar-refractivity contribution in [2.24, 2.45) is 17.8 Å². The Morgan fingerprint density at radius 1 is 1.23 bits per heavy atom. The molecule has 0 radical (unpaired) electrons. The summed E-state index contributed by atoms with van der Waals surface area (Å²) >= 11 is 6.45. The average molecular weight is 203 g/mol. The molecule has 0 spiro atoms. The van der Waals surface area contributed by atoms with Crippen molar-refractivity contribution in [3.63, 3.8) is 0 Å². The molecule has 1 saturated carbocycles. The molecule has 0 aromatic heterocycles. The zero-order chi connectivity index (χ0) is 9.84. The third-order valence-electron chi connectivity index (χ3n) is 3.62. The molecule has 1 aliphatic carbocycles. The Labute approximate surface area is 88.1 Å². The van der Waals surface area contributed by atoms with E-state index in [1.807, 2.05) is 0 Å². The lowest BCUT2D eigenvalue weighted by molar-refractivity contribution is 0.168. The summed E-state index contributed by atoms with van der Waals surface area (Å²) in [5.74, 6) is 2.46. The van der Waals surface area contributed by atoms with Crippen LogP contribution in [0.15, 0.2) is 0 Å². The Kier molecular flexibility index (Phi) is 4.58. The maximum Gasteiger partial charge on any atom is 0.0369 e. The van der Waals surface area contributed by atoms with Crippen LogP contribution < -0.4 is 0 Å². The maximum atomic E-state index is 6.45. The summed E-state index contributed by atoms with van der Waals surface area (Å²) in [4.78, 5) is 0. The van der Waals surface area contributed by atoms with Crippen molar-refractivity contribution >= 4 is 11.6 Å². The predicted octanol–water partition coefficient (Wildman–Crippen LogP) is 4.47. The summed E-state index contributed by atoms with van der Waals surface area (Å²) in [5, 5.41) is 0.426. The summed E-state index contributed by atoms with van der Waals surface area (Å²) < 4.78 is 0. The van der Waals surface area contributed by atoms with E-state index in [0.29, 0.717) is 5.38 Å². The van der Waals surface area contributed by atoms with E-state index in [0.717, 1.165) is 17.8 Å². The van der Waals surface area contributed by atoms with Crippen molar-refractivity contribution in [2.45, 2.75) is 58.3 Å². The van der Waals surface area contributed by atoms with Crippen molar-refractivity contribution in [3.8, 4) is 0 Å². The van der Waals surface area contributed by atoms with E-state index in [1.165, 1.54) is 32.1 Å². The van der Waals surface area contributed by atoms with Gasteiger partial charge in [-0.25, -0.2) is 0 Å². The summed E-state index contributed by atoms with van der Waals surface area (Å²) in [5.41, 5.74) is 0. The molecule has 0 aromatic carbocycles. The minimum absolute atomic E-state index is 0.426. The number of hydrogen-bond acceptors (Lipinski definition) is 0. The first kappa shape index (κ1) is 11.4. The van der Waals surface area contributed by atoms with Crippen molar-refractivity contribution in [1.29, 1.82) is 0 Å². The summed E-state index contributed by atoms with van der Waals surface area (Å²) in [6.07, 6.45) is 6.61. The van der Waals surface area contributed by atoms with Crippen LogP contribution in [0.25, 0.3) is 0 Å². The van der Waals surface area contributed by atoms with Crippen molar-refractivity contribution in [3.05, 3.63) is 0 Å². The highest BCUT2D eigenvalue weighted by Gasteiger charge is 2.32. The molecule has 0 aliphatic heterocycles. The van der Waals surface area contributed by atoms with Gasteiger partial charge < -0.3 is 0 Å². The predicted molar refractivity (Wildman–Crippen MR) is 60.2 cm³/mol. The smallest absolute Gasteiger partial charge is 0.0369 e. The Bertz CT molecular complexity index is 134. The molecule has 1 aliphatic rings. The van der Waals surface area contributed by atoms with Crippen LogP contribution >= 0.6 is 11.6 Å².